The second kappa shape index (κ2) is 25.2. The molecule has 4 rings (SSSR count). The molecule has 0 aromatic heterocycles. The van der Waals surface area contributed by atoms with E-state index in [1.807, 2.05) is 0 Å². The van der Waals surface area contributed by atoms with Gasteiger partial charge in [-0.2, -0.15) is 0 Å². The molecule has 4 fully saturated rings. The number of aliphatic hydroxyl groups excluding tert-OH is 13. The molecule has 0 spiro atoms. The smallest absolute Gasteiger partial charge is 0.217 e. The van der Waals surface area contributed by atoms with Crippen molar-refractivity contribution in [1.29, 1.82) is 0 Å². The molecule has 4 aliphatic heterocycles. The van der Waals surface area contributed by atoms with Crippen LogP contribution in [0.4, 0.5) is 0 Å². The molecule has 0 aromatic rings. The topological polar surface area (TPSA) is 453 Å². The van der Waals surface area contributed by atoms with E-state index in [0.29, 0.717) is 0 Å². The molecular formula is C38H66N4O25. The van der Waals surface area contributed by atoms with Gasteiger partial charge in [-0.3, -0.25) is 19.2 Å². The fraction of sp³-hybridized carbons (Fsp3) is 0.895. The molecule has 4 saturated heterocycles. The Labute approximate surface area is 382 Å². The van der Waals surface area contributed by atoms with Crippen LogP contribution in [0.1, 0.15) is 34.6 Å². The van der Waals surface area contributed by atoms with E-state index in [4.69, 9.17) is 37.9 Å². The third-order valence-electron chi connectivity index (χ3n) is 11.5. The third-order valence-corrected chi connectivity index (χ3v) is 11.5. The molecule has 0 unspecified atom stereocenters. The average Bonchev–Trinajstić information content (AvgIpc) is 3.27. The van der Waals surface area contributed by atoms with Crippen molar-refractivity contribution in [3.8, 4) is 0 Å². The average molecular weight is 979 g/mol. The van der Waals surface area contributed by atoms with Gasteiger partial charge in [-0.15, -0.1) is 0 Å². The van der Waals surface area contributed by atoms with Gasteiger partial charge in [-0.05, 0) is 6.92 Å². The molecule has 0 aromatic carbocycles. The van der Waals surface area contributed by atoms with Crippen molar-refractivity contribution < 1.29 is 123 Å². The van der Waals surface area contributed by atoms with Gasteiger partial charge >= 0.3 is 0 Å². The molecule has 0 radical (unpaired) electrons. The number of aliphatic hydroxyl groups is 13. The Morgan fingerprint density at radius 1 is 0.507 bits per heavy atom. The van der Waals surface area contributed by atoms with Gasteiger partial charge in [0.15, 0.2) is 25.2 Å². The summed E-state index contributed by atoms with van der Waals surface area (Å²) in [6.45, 7) is 0.481. The summed E-state index contributed by atoms with van der Waals surface area (Å²) < 4.78 is 48.5. The molecule has 0 aliphatic carbocycles. The molecule has 24 atom stereocenters. The Morgan fingerprint density at radius 2 is 0.955 bits per heavy atom. The Morgan fingerprint density at radius 3 is 1.39 bits per heavy atom. The molecule has 4 heterocycles. The van der Waals surface area contributed by atoms with E-state index < -0.39 is 204 Å². The summed E-state index contributed by atoms with van der Waals surface area (Å²) >= 11 is 0. The normalized spacial score (nSPS) is 41.0. The molecule has 4 aliphatic rings. The van der Waals surface area contributed by atoms with Crippen molar-refractivity contribution in [2.45, 2.75) is 182 Å². The van der Waals surface area contributed by atoms with Crippen molar-refractivity contribution in [1.82, 2.24) is 21.3 Å². The van der Waals surface area contributed by atoms with Crippen LogP contribution in [0.2, 0.25) is 0 Å². The molecular weight excluding hydrogens is 912 g/mol. The zero-order valence-corrected chi connectivity index (χ0v) is 37.1. The second-order valence-corrected chi connectivity index (χ2v) is 16.6. The first kappa shape index (κ1) is 56.6. The quantitative estimate of drug-likeness (QED) is 0.0538. The van der Waals surface area contributed by atoms with Gasteiger partial charge in [0.25, 0.3) is 0 Å². The number of carbonyl (C=O) groups excluding carboxylic acids is 4. The van der Waals surface area contributed by atoms with Crippen LogP contribution < -0.4 is 21.3 Å². The van der Waals surface area contributed by atoms with Gasteiger partial charge in [0, 0.05) is 27.7 Å². The monoisotopic (exact) mass is 978 g/mol. The predicted octanol–water partition coefficient (Wildman–Crippen LogP) is -10.7. The van der Waals surface area contributed by atoms with Gasteiger partial charge in [0.1, 0.15) is 110 Å². The van der Waals surface area contributed by atoms with Crippen molar-refractivity contribution >= 4 is 23.6 Å². The van der Waals surface area contributed by atoms with Crippen LogP contribution in [0, 0.1) is 0 Å². The first-order valence-electron chi connectivity index (χ1n) is 21.3. The maximum atomic E-state index is 13.1. The van der Waals surface area contributed by atoms with Crippen LogP contribution in [0.3, 0.4) is 0 Å². The number of amides is 4. The molecule has 4 amide bonds. The molecule has 29 nitrogen and oxygen atoms in total. The minimum absolute atomic E-state index is 0.764. The maximum absolute atomic E-state index is 13.1. The zero-order chi connectivity index (χ0) is 50.2. The number of nitrogens with one attached hydrogen (secondary N) is 4. The van der Waals surface area contributed by atoms with Crippen LogP contribution in [0.25, 0.3) is 0 Å². The summed E-state index contributed by atoms with van der Waals surface area (Å²) in [5, 5.41) is 148. The molecule has 29 heteroatoms. The number of ether oxygens (including phenoxy) is 8. The number of hydrogen-bond acceptors (Lipinski definition) is 25. The second-order valence-electron chi connectivity index (χ2n) is 16.6. The largest absolute Gasteiger partial charge is 0.394 e. The van der Waals surface area contributed by atoms with E-state index in [1.165, 1.54) is 6.92 Å². The van der Waals surface area contributed by atoms with Crippen LogP contribution in [0.15, 0.2) is 0 Å². The lowest BCUT2D eigenvalue weighted by Gasteiger charge is -2.52. The molecule has 388 valence electrons. The highest BCUT2D eigenvalue weighted by molar-refractivity contribution is 5.74. The standard InChI is InChI=1S/C38H66N4O25/c1-11-24(53)30(59)34(67-36-22(41-14(4)50)29(58)27(56)19(9-46)62-36)38(60-11)66-33-23(42-15(5)51)37(64-31(25(54)17(52)7-44)16(6-43)39-12(2)48)63-20(10-47)32(33)65-35-21(40-13(3)49)28(57)26(55)18(8-45)61-35/h11,16-38,43-47,52-59H,6-10H2,1-5H3,(H,39,48)(H,40,49)(H,41,50)(H,42,51)/t11-,16-,17-,18+,19+,20+,21+,22+,23+,24-,25+,26-,27-,28+,29+,30+,31-,32+,33+,34-,35-,36+,37-,38+/m0/s1. The van der Waals surface area contributed by atoms with Gasteiger partial charge < -0.3 is 126 Å². The van der Waals surface area contributed by atoms with Crippen molar-refractivity contribution in [3.63, 3.8) is 0 Å². The highest BCUT2D eigenvalue weighted by Crippen LogP contribution is 2.36. The highest BCUT2D eigenvalue weighted by atomic mass is 16.8. The van der Waals surface area contributed by atoms with E-state index in [0.717, 1.165) is 27.7 Å². The summed E-state index contributed by atoms with van der Waals surface area (Å²) in [6, 6.07) is -6.71. The van der Waals surface area contributed by atoms with Crippen LogP contribution in [-0.2, 0) is 57.1 Å². The minimum Gasteiger partial charge on any atom is -0.394 e. The van der Waals surface area contributed by atoms with Crippen molar-refractivity contribution in [2.75, 3.05) is 33.0 Å². The van der Waals surface area contributed by atoms with E-state index >= 15 is 0 Å². The third kappa shape index (κ3) is 13.7. The van der Waals surface area contributed by atoms with E-state index in [1.54, 1.807) is 0 Å². The van der Waals surface area contributed by atoms with Crippen molar-refractivity contribution in [2.24, 2.45) is 0 Å². The summed E-state index contributed by atoms with van der Waals surface area (Å²) in [5.41, 5.74) is 0. The summed E-state index contributed by atoms with van der Waals surface area (Å²) in [7, 11) is 0. The highest BCUT2D eigenvalue weighted by Gasteiger charge is 2.57. The maximum Gasteiger partial charge on any atom is 0.217 e. The summed E-state index contributed by atoms with van der Waals surface area (Å²) in [4.78, 5) is 49.9. The van der Waals surface area contributed by atoms with E-state index in [9.17, 15) is 85.6 Å². The minimum atomic E-state index is -2.14. The van der Waals surface area contributed by atoms with Crippen LogP contribution >= 0.6 is 0 Å². The molecule has 17 N–H and O–H groups in total. The van der Waals surface area contributed by atoms with E-state index in [2.05, 4.69) is 21.3 Å². The van der Waals surface area contributed by atoms with Gasteiger partial charge in [0.2, 0.25) is 23.6 Å². The lowest BCUT2D eigenvalue weighted by molar-refractivity contribution is -0.385. The SMILES string of the molecule is CC(=O)N[C@H]1[C@H](O[C@H]2[C@H](O[C@H]3O[C@@H](C)[C@H](O)[C@@H](O)[C@@H]3O[C@H]3O[C@H](CO)[C@H](O)[C@H](O)[C@H]3NC(C)=O)[C@@H](NC(C)=O)[C@H](O[C@H]([C@H](O)[C@@H](O)CO)[C@H](CO)NC(C)=O)O[C@@H]2CO)O[C@H](CO)[C@H](O)[C@@H]1O. The first-order valence-corrected chi connectivity index (χ1v) is 21.3. The fourth-order valence-electron chi connectivity index (χ4n) is 8.16. The zero-order valence-electron chi connectivity index (χ0n) is 37.1. The molecule has 0 saturated carbocycles. The Kier molecular flexibility index (Phi) is 21.3. The van der Waals surface area contributed by atoms with Gasteiger partial charge in [-0.1, -0.05) is 0 Å². The number of rotatable bonds is 20. The van der Waals surface area contributed by atoms with Gasteiger partial charge in [-0.25, -0.2) is 0 Å². The van der Waals surface area contributed by atoms with E-state index in [-0.39, 0.29) is 0 Å². The van der Waals surface area contributed by atoms with Crippen LogP contribution in [0.5, 0.6) is 0 Å². The summed E-state index contributed by atoms with van der Waals surface area (Å²) in [6.07, 6.45) is -37.1. The number of carbonyl (C=O) groups is 4. The molecule has 0 bridgehead atoms. The Bertz CT molecular complexity index is 1610. The Hall–Kier alpha value is -2.96. The number of hydrogen-bond donors (Lipinski definition) is 17. The van der Waals surface area contributed by atoms with Crippen LogP contribution in [-0.4, -0.2) is 270 Å². The lowest BCUT2D eigenvalue weighted by Crippen LogP contribution is -2.72. The summed E-state index contributed by atoms with van der Waals surface area (Å²) in [5.74, 6) is -3.20. The lowest BCUT2D eigenvalue weighted by atomic mass is 9.93. The Balaban J connectivity index is 1.92. The fourth-order valence-corrected chi connectivity index (χ4v) is 8.16. The first-order chi connectivity index (χ1) is 31.5. The predicted molar refractivity (Wildman–Crippen MR) is 214 cm³/mol. The van der Waals surface area contributed by atoms with Gasteiger partial charge in [0.05, 0.1) is 45.2 Å². The van der Waals surface area contributed by atoms with Crippen molar-refractivity contribution in [3.05, 3.63) is 0 Å². The molecule has 67 heavy (non-hydrogen) atoms.